The largest absolute Gasteiger partial charge is 0.374 e. The van der Waals surface area contributed by atoms with Crippen LogP contribution in [0, 0.1) is 0 Å². The molecule has 1 aromatic rings. The zero-order valence-electron chi connectivity index (χ0n) is 11.6. The fraction of sp³-hybridized carbons (Fsp3) is 0.600. The molecule has 0 saturated carbocycles. The van der Waals surface area contributed by atoms with Crippen LogP contribution >= 0.6 is 0 Å². The van der Waals surface area contributed by atoms with Gasteiger partial charge in [-0.2, -0.15) is 0 Å². The van der Waals surface area contributed by atoms with Crippen molar-refractivity contribution in [1.82, 2.24) is 4.90 Å². The fourth-order valence-corrected chi connectivity index (χ4v) is 1.71. The SMILES string of the molecule is CCN(CC)Cc1ccc(COC(C)C)cc1. The molecular weight excluding hydrogens is 210 g/mol. The summed E-state index contributed by atoms with van der Waals surface area (Å²) >= 11 is 0. The highest BCUT2D eigenvalue weighted by molar-refractivity contribution is 5.22. The van der Waals surface area contributed by atoms with Gasteiger partial charge in [-0.05, 0) is 38.1 Å². The smallest absolute Gasteiger partial charge is 0.0720 e. The summed E-state index contributed by atoms with van der Waals surface area (Å²) in [6, 6.07) is 8.75. The molecule has 1 aromatic carbocycles. The van der Waals surface area contributed by atoms with Crippen LogP contribution < -0.4 is 0 Å². The summed E-state index contributed by atoms with van der Waals surface area (Å²) in [4.78, 5) is 2.42. The first-order valence-electron chi connectivity index (χ1n) is 6.57. The monoisotopic (exact) mass is 235 g/mol. The first kappa shape index (κ1) is 14.2. The molecule has 96 valence electrons. The molecule has 0 amide bonds. The van der Waals surface area contributed by atoms with Crippen molar-refractivity contribution in [2.24, 2.45) is 0 Å². The quantitative estimate of drug-likeness (QED) is 0.717. The molecule has 0 spiro atoms. The summed E-state index contributed by atoms with van der Waals surface area (Å²) in [5.41, 5.74) is 2.63. The van der Waals surface area contributed by atoms with Crippen molar-refractivity contribution >= 4 is 0 Å². The van der Waals surface area contributed by atoms with Crippen LogP contribution in [0.4, 0.5) is 0 Å². The summed E-state index contributed by atoms with van der Waals surface area (Å²) in [5, 5.41) is 0. The number of hydrogen-bond donors (Lipinski definition) is 0. The van der Waals surface area contributed by atoms with Gasteiger partial charge in [0.25, 0.3) is 0 Å². The molecule has 0 heterocycles. The van der Waals surface area contributed by atoms with Gasteiger partial charge in [-0.3, -0.25) is 4.90 Å². The standard InChI is InChI=1S/C15H25NO/c1-5-16(6-2)11-14-7-9-15(10-8-14)12-17-13(3)4/h7-10,13H,5-6,11-12H2,1-4H3. The van der Waals surface area contributed by atoms with Crippen LogP contribution in [0.3, 0.4) is 0 Å². The maximum absolute atomic E-state index is 5.58. The van der Waals surface area contributed by atoms with Gasteiger partial charge in [0.15, 0.2) is 0 Å². The first-order chi connectivity index (χ1) is 8.15. The van der Waals surface area contributed by atoms with Crippen molar-refractivity contribution < 1.29 is 4.74 Å². The Kier molecular flexibility index (Phi) is 6.23. The zero-order valence-corrected chi connectivity index (χ0v) is 11.6. The number of benzene rings is 1. The molecule has 0 atom stereocenters. The van der Waals surface area contributed by atoms with Crippen molar-refractivity contribution in [3.05, 3.63) is 35.4 Å². The van der Waals surface area contributed by atoms with Crippen LogP contribution in [-0.2, 0) is 17.9 Å². The van der Waals surface area contributed by atoms with Gasteiger partial charge < -0.3 is 4.74 Å². The lowest BCUT2D eigenvalue weighted by Gasteiger charge is -2.18. The normalized spacial score (nSPS) is 11.4. The molecule has 0 aliphatic heterocycles. The van der Waals surface area contributed by atoms with E-state index in [1.807, 2.05) is 0 Å². The van der Waals surface area contributed by atoms with E-state index >= 15 is 0 Å². The van der Waals surface area contributed by atoms with Gasteiger partial charge >= 0.3 is 0 Å². The Bertz CT molecular complexity index is 301. The van der Waals surface area contributed by atoms with Crippen LogP contribution in [0.15, 0.2) is 24.3 Å². The van der Waals surface area contributed by atoms with Crippen LogP contribution in [-0.4, -0.2) is 24.1 Å². The average Bonchev–Trinajstić information content (AvgIpc) is 2.34. The Morgan fingerprint density at radius 1 is 1.00 bits per heavy atom. The summed E-state index contributed by atoms with van der Waals surface area (Å²) in [6.45, 7) is 12.5. The molecule has 0 bridgehead atoms. The van der Waals surface area contributed by atoms with E-state index in [0.29, 0.717) is 12.7 Å². The van der Waals surface area contributed by atoms with E-state index in [0.717, 1.165) is 19.6 Å². The highest BCUT2D eigenvalue weighted by Crippen LogP contribution is 2.09. The number of hydrogen-bond acceptors (Lipinski definition) is 2. The van der Waals surface area contributed by atoms with Crippen molar-refractivity contribution in [3.8, 4) is 0 Å². The molecular formula is C15H25NO. The second-order valence-corrected chi connectivity index (χ2v) is 4.64. The molecule has 0 aliphatic carbocycles. The van der Waals surface area contributed by atoms with Crippen LogP contribution in [0.25, 0.3) is 0 Å². The van der Waals surface area contributed by atoms with Crippen LogP contribution in [0.2, 0.25) is 0 Å². The van der Waals surface area contributed by atoms with Crippen molar-refractivity contribution in [2.75, 3.05) is 13.1 Å². The Balaban J connectivity index is 2.49. The van der Waals surface area contributed by atoms with E-state index in [1.54, 1.807) is 0 Å². The van der Waals surface area contributed by atoms with Gasteiger partial charge in [-0.15, -0.1) is 0 Å². The summed E-state index contributed by atoms with van der Waals surface area (Å²) < 4.78 is 5.58. The molecule has 0 N–H and O–H groups in total. The summed E-state index contributed by atoms with van der Waals surface area (Å²) in [6.07, 6.45) is 0.297. The van der Waals surface area contributed by atoms with Gasteiger partial charge in [0.05, 0.1) is 12.7 Å². The maximum Gasteiger partial charge on any atom is 0.0720 e. The molecule has 0 aromatic heterocycles. The van der Waals surface area contributed by atoms with E-state index in [1.165, 1.54) is 11.1 Å². The zero-order chi connectivity index (χ0) is 12.7. The van der Waals surface area contributed by atoms with E-state index in [2.05, 4.69) is 56.9 Å². The summed E-state index contributed by atoms with van der Waals surface area (Å²) in [7, 11) is 0. The minimum atomic E-state index is 0.297. The molecule has 2 heteroatoms. The summed E-state index contributed by atoms with van der Waals surface area (Å²) in [5.74, 6) is 0. The highest BCUT2D eigenvalue weighted by Gasteiger charge is 2.01. The van der Waals surface area contributed by atoms with Gasteiger partial charge in [0.1, 0.15) is 0 Å². The minimum absolute atomic E-state index is 0.297. The lowest BCUT2D eigenvalue weighted by molar-refractivity contribution is 0.0657. The van der Waals surface area contributed by atoms with Gasteiger partial charge in [0, 0.05) is 6.54 Å². The van der Waals surface area contributed by atoms with E-state index in [-0.39, 0.29) is 0 Å². The predicted octanol–water partition coefficient (Wildman–Crippen LogP) is 3.45. The molecule has 17 heavy (non-hydrogen) atoms. The maximum atomic E-state index is 5.58. The third-order valence-electron chi connectivity index (χ3n) is 2.91. The highest BCUT2D eigenvalue weighted by atomic mass is 16.5. The number of ether oxygens (including phenoxy) is 1. The van der Waals surface area contributed by atoms with E-state index < -0.39 is 0 Å². The van der Waals surface area contributed by atoms with Gasteiger partial charge in [0.2, 0.25) is 0 Å². The topological polar surface area (TPSA) is 12.5 Å². The number of rotatable bonds is 7. The predicted molar refractivity (Wildman–Crippen MR) is 73.0 cm³/mol. The minimum Gasteiger partial charge on any atom is -0.374 e. The molecule has 1 rings (SSSR count). The Hall–Kier alpha value is -0.860. The molecule has 0 saturated heterocycles. The molecule has 2 nitrogen and oxygen atoms in total. The van der Waals surface area contributed by atoms with E-state index in [9.17, 15) is 0 Å². The third kappa shape index (κ3) is 5.33. The van der Waals surface area contributed by atoms with Crippen molar-refractivity contribution in [3.63, 3.8) is 0 Å². The Morgan fingerprint density at radius 3 is 2.00 bits per heavy atom. The lowest BCUT2D eigenvalue weighted by atomic mass is 10.1. The average molecular weight is 235 g/mol. The molecule has 0 aliphatic rings. The van der Waals surface area contributed by atoms with Gasteiger partial charge in [-0.25, -0.2) is 0 Å². The van der Waals surface area contributed by atoms with Crippen molar-refractivity contribution in [2.45, 2.75) is 47.0 Å². The Labute approximate surface area is 106 Å². The lowest BCUT2D eigenvalue weighted by Crippen LogP contribution is -2.22. The van der Waals surface area contributed by atoms with Gasteiger partial charge in [-0.1, -0.05) is 38.1 Å². The first-order valence-corrected chi connectivity index (χ1v) is 6.57. The molecule has 0 fully saturated rings. The third-order valence-corrected chi connectivity index (χ3v) is 2.91. The van der Waals surface area contributed by atoms with E-state index in [4.69, 9.17) is 4.74 Å². The van der Waals surface area contributed by atoms with Crippen molar-refractivity contribution in [1.29, 1.82) is 0 Å². The molecule has 0 unspecified atom stereocenters. The second kappa shape index (κ2) is 7.46. The molecule has 0 radical (unpaired) electrons. The number of nitrogens with zero attached hydrogens (tertiary/aromatic N) is 1. The van der Waals surface area contributed by atoms with Crippen LogP contribution in [0.5, 0.6) is 0 Å². The second-order valence-electron chi connectivity index (χ2n) is 4.64. The fourth-order valence-electron chi connectivity index (χ4n) is 1.71. The Morgan fingerprint density at radius 2 is 1.53 bits per heavy atom. The van der Waals surface area contributed by atoms with Crippen LogP contribution in [0.1, 0.15) is 38.8 Å².